The molecular weight excluding hydrogens is 288 g/mol. The molecule has 23 heavy (non-hydrogen) atoms. The lowest BCUT2D eigenvalue weighted by Gasteiger charge is -2.36. The summed E-state index contributed by atoms with van der Waals surface area (Å²) in [4.78, 5) is 19.2. The summed E-state index contributed by atoms with van der Waals surface area (Å²) in [5, 5.41) is 0. The van der Waals surface area contributed by atoms with E-state index in [4.69, 9.17) is 4.74 Å². The molecule has 2 aromatic rings. The first-order chi connectivity index (χ1) is 11.2. The highest BCUT2D eigenvalue weighted by molar-refractivity contribution is 5.94. The molecule has 0 bridgehead atoms. The van der Waals surface area contributed by atoms with Crippen molar-refractivity contribution >= 4 is 5.91 Å². The first-order valence-corrected chi connectivity index (χ1v) is 8.07. The van der Waals surface area contributed by atoms with Crippen LogP contribution in [0.4, 0.5) is 0 Å². The predicted molar refractivity (Wildman–Crippen MR) is 89.6 cm³/mol. The van der Waals surface area contributed by atoms with Crippen molar-refractivity contribution in [3.05, 3.63) is 59.3 Å². The van der Waals surface area contributed by atoms with Gasteiger partial charge in [-0.05, 0) is 49.4 Å². The van der Waals surface area contributed by atoms with Gasteiger partial charge in [-0.2, -0.15) is 0 Å². The van der Waals surface area contributed by atoms with Gasteiger partial charge >= 0.3 is 0 Å². The zero-order valence-electron chi connectivity index (χ0n) is 13.7. The van der Waals surface area contributed by atoms with Crippen LogP contribution < -0.4 is 4.74 Å². The van der Waals surface area contributed by atoms with Gasteiger partial charge in [-0.3, -0.25) is 4.79 Å². The standard InChI is InChI=1S/C19H22N2O2/c1-14-12-18(23-2)20-13-16(14)17-10-6-7-11-21(17)19(22)15-8-4-3-5-9-15/h3-5,8-9,12-13,17H,6-7,10-11H2,1-2H3/t17-/m0/s1. The lowest BCUT2D eigenvalue weighted by Crippen LogP contribution is -2.38. The van der Waals surface area contributed by atoms with E-state index in [0.717, 1.165) is 42.5 Å². The molecule has 0 aliphatic carbocycles. The van der Waals surface area contributed by atoms with E-state index in [-0.39, 0.29) is 11.9 Å². The number of ether oxygens (including phenoxy) is 1. The third-order valence-corrected chi connectivity index (χ3v) is 4.48. The Morgan fingerprint density at radius 1 is 1.26 bits per heavy atom. The highest BCUT2D eigenvalue weighted by Crippen LogP contribution is 2.34. The van der Waals surface area contributed by atoms with E-state index in [1.807, 2.05) is 47.5 Å². The molecule has 1 aliphatic rings. The average Bonchev–Trinajstić information content (AvgIpc) is 2.62. The van der Waals surface area contributed by atoms with Crippen molar-refractivity contribution in [2.75, 3.05) is 13.7 Å². The zero-order valence-corrected chi connectivity index (χ0v) is 13.7. The molecule has 0 N–H and O–H groups in total. The smallest absolute Gasteiger partial charge is 0.254 e. The van der Waals surface area contributed by atoms with Crippen LogP contribution in [-0.4, -0.2) is 29.4 Å². The summed E-state index contributed by atoms with van der Waals surface area (Å²) in [5.41, 5.74) is 2.99. The summed E-state index contributed by atoms with van der Waals surface area (Å²) in [6.07, 6.45) is 5.02. The number of nitrogens with zero attached hydrogens (tertiary/aromatic N) is 2. The van der Waals surface area contributed by atoms with Crippen LogP contribution in [0.5, 0.6) is 5.88 Å². The van der Waals surface area contributed by atoms with E-state index in [0.29, 0.717) is 5.88 Å². The lowest BCUT2D eigenvalue weighted by molar-refractivity contribution is 0.0610. The number of aromatic nitrogens is 1. The minimum atomic E-state index is 0.0925. The summed E-state index contributed by atoms with van der Waals surface area (Å²) in [6.45, 7) is 2.85. The fraction of sp³-hybridized carbons (Fsp3) is 0.368. The van der Waals surface area contributed by atoms with E-state index >= 15 is 0 Å². The number of likely N-dealkylation sites (tertiary alicyclic amines) is 1. The molecule has 120 valence electrons. The summed E-state index contributed by atoms with van der Waals surface area (Å²) in [6, 6.07) is 11.5. The first kappa shape index (κ1) is 15.5. The number of aryl methyl sites for hydroxylation is 1. The van der Waals surface area contributed by atoms with Crippen LogP contribution in [0.2, 0.25) is 0 Å². The van der Waals surface area contributed by atoms with Crippen LogP contribution in [0.15, 0.2) is 42.6 Å². The van der Waals surface area contributed by atoms with Crippen molar-refractivity contribution in [2.45, 2.75) is 32.2 Å². The minimum Gasteiger partial charge on any atom is -0.481 e. The molecule has 1 aromatic heterocycles. The molecular formula is C19H22N2O2. The minimum absolute atomic E-state index is 0.0925. The second kappa shape index (κ2) is 6.82. The lowest BCUT2D eigenvalue weighted by atomic mass is 9.93. The molecule has 1 atom stereocenters. The van der Waals surface area contributed by atoms with Crippen LogP contribution in [-0.2, 0) is 0 Å². The summed E-state index contributed by atoms with van der Waals surface area (Å²) in [5.74, 6) is 0.716. The Bertz CT molecular complexity index is 685. The first-order valence-electron chi connectivity index (χ1n) is 8.07. The highest BCUT2D eigenvalue weighted by atomic mass is 16.5. The number of carbonyl (C=O) groups is 1. The third kappa shape index (κ3) is 3.21. The van der Waals surface area contributed by atoms with Gasteiger partial charge in [0.2, 0.25) is 5.88 Å². The molecule has 4 nitrogen and oxygen atoms in total. The molecule has 0 unspecified atom stereocenters. The second-order valence-electron chi connectivity index (χ2n) is 5.96. The fourth-order valence-corrected chi connectivity index (χ4v) is 3.25. The number of carbonyl (C=O) groups excluding carboxylic acids is 1. The van der Waals surface area contributed by atoms with Crippen LogP contribution in [0.25, 0.3) is 0 Å². The molecule has 0 saturated carbocycles. The number of hydrogen-bond acceptors (Lipinski definition) is 3. The maximum atomic E-state index is 12.9. The molecule has 1 aliphatic heterocycles. The van der Waals surface area contributed by atoms with Gasteiger partial charge in [0.25, 0.3) is 5.91 Å². The Kier molecular flexibility index (Phi) is 4.60. The van der Waals surface area contributed by atoms with Gasteiger partial charge in [0.1, 0.15) is 0 Å². The second-order valence-corrected chi connectivity index (χ2v) is 5.96. The Morgan fingerprint density at radius 2 is 2.04 bits per heavy atom. The van der Waals surface area contributed by atoms with Gasteiger partial charge in [-0.25, -0.2) is 4.98 Å². The summed E-state index contributed by atoms with van der Waals surface area (Å²) in [7, 11) is 1.62. The molecule has 1 fully saturated rings. The van der Waals surface area contributed by atoms with Gasteiger partial charge in [0.05, 0.1) is 13.2 Å². The number of piperidine rings is 1. The van der Waals surface area contributed by atoms with Crippen LogP contribution in [0, 0.1) is 6.92 Å². The predicted octanol–water partition coefficient (Wildman–Crippen LogP) is 3.77. The molecule has 1 aromatic carbocycles. The average molecular weight is 310 g/mol. The van der Waals surface area contributed by atoms with Crippen LogP contribution in [0.1, 0.15) is 46.8 Å². The quantitative estimate of drug-likeness (QED) is 0.866. The number of methoxy groups -OCH3 is 1. The molecule has 4 heteroatoms. The highest BCUT2D eigenvalue weighted by Gasteiger charge is 2.29. The normalized spacial score (nSPS) is 17.8. The number of benzene rings is 1. The van der Waals surface area contributed by atoms with Gasteiger partial charge < -0.3 is 9.64 Å². The fourth-order valence-electron chi connectivity index (χ4n) is 3.25. The number of hydrogen-bond donors (Lipinski definition) is 0. The van der Waals surface area contributed by atoms with E-state index in [1.165, 1.54) is 0 Å². The number of rotatable bonds is 3. The molecule has 2 heterocycles. The van der Waals surface area contributed by atoms with Crippen molar-refractivity contribution in [3.8, 4) is 5.88 Å². The Hall–Kier alpha value is -2.36. The van der Waals surface area contributed by atoms with E-state index in [1.54, 1.807) is 7.11 Å². The van der Waals surface area contributed by atoms with Gasteiger partial charge in [-0.1, -0.05) is 18.2 Å². The molecule has 0 spiro atoms. The van der Waals surface area contributed by atoms with Gasteiger partial charge in [-0.15, -0.1) is 0 Å². The van der Waals surface area contributed by atoms with E-state index in [2.05, 4.69) is 11.9 Å². The van der Waals surface area contributed by atoms with Crippen LogP contribution >= 0.6 is 0 Å². The number of pyridine rings is 1. The molecule has 0 radical (unpaired) electrons. The Labute approximate surface area is 137 Å². The Morgan fingerprint density at radius 3 is 2.74 bits per heavy atom. The zero-order chi connectivity index (χ0) is 16.2. The maximum Gasteiger partial charge on any atom is 0.254 e. The SMILES string of the molecule is COc1cc(C)c([C@@H]2CCCCN2C(=O)c2ccccc2)cn1. The van der Waals surface area contributed by atoms with Crippen molar-refractivity contribution in [3.63, 3.8) is 0 Å². The van der Waals surface area contributed by atoms with Crippen molar-refractivity contribution < 1.29 is 9.53 Å². The maximum absolute atomic E-state index is 12.9. The monoisotopic (exact) mass is 310 g/mol. The van der Waals surface area contributed by atoms with E-state index < -0.39 is 0 Å². The van der Waals surface area contributed by atoms with Crippen molar-refractivity contribution in [1.82, 2.24) is 9.88 Å². The topological polar surface area (TPSA) is 42.4 Å². The third-order valence-electron chi connectivity index (χ3n) is 4.48. The van der Waals surface area contributed by atoms with Gasteiger partial charge in [0.15, 0.2) is 0 Å². The van der Waals surface area contributed by atoms with Crippen molar-refractivity contribution in [2.24, 2.45) is 0 Å². The molecule has 1 saturated heterocycles. The summed E-state index contributed by atoms with van der Waals surface area (Å²) >= 11 is 0. The largest absolute Gasteiger partial charge is 0.481 e. The van der Waals surface area contributed by atoms with Crippen LogP contribution in [0.3, 0.4) is 0 Å². The van der Waals surface area contributed by atoms with Crippen molar-refractivity contribution in [1.29, 1.82) is 0 Å². The van der Waals surface area contributed by atoms with Gasteiger partial charge in [0, 0.05) is 24.4 Å². The number of amides is 1. The molecule has 3 rings (SSSR count). The summed E-state index contributed by atoms with van der Waals surface area (Å²) < 4.78 is 5.19. The molecule has 1 amide bonds. The Balaban J connectivity index is 1.91. The van der Waals surface area contributed by atoms with E-state index in [9.17, 15) is 4.79 Å².